The van der Waals surface area contributed by atoms with E-state index in [2.05, 4.69) is 13.0 Å². The standard InChI is InChI=1S/C20H34O3/c1-17(8-5-9-18(2)12-15-21)10-6-13-20(4,23)14-7-11-19(3)16-22/h6,8,11-13,21-23H,5,7,9-10,14-16H2,1-4H3. The topological polar surface area (TPSA) is 60.7 Å². The van der Waals surface area contributed by atoms with E-state index in [1.807, 2.05) is 45.1 Å². The molecule has 23 heavy (non-hydrogen) atoms. The van der Waals surface area contributed by atoms with Gasteiger partial charge in [-0.15, -0.1) is 0 Å². The van der Waals surface area contributed by atoms with E-state index < -0.39 is 5.60 Å². The summed E-state index contributed by atoms with van der Waals surface area (Å²) in [6.45, 7) is 8.01. The molecule has 1 atom stereocenters. The van der Waals surface area contributed by atoms with Gasteiger partial charge in [-0.3, -0.25) is 0 Å². The molecule has 0 aromatic carbocycles. The van der Waals surface area contributed by atoms with Crippen LogP contribution in [0.4, 0.5) is 0 Å². The van der Waals surface area contributed by atoms with Gasteiger partial charge in [0.1, 0.15) is 0 Å². The highest BCUT2D eigenvalue weighted by molar-refractivity contribution is 5.10. The van der Waals surface area contributed by atoms with E-state index >= 15 is 0 Å². The first-order valence-corrected chi connectivity index (χ1v) is 8.39. The fourth-order valence-electron chi connectivity index (χ4n) is 2.14. The first kappa shape index (κ1) is 21.8. The van der Waals surface area contributed by atoms with Gasteiger partial charge >= 0.3 is 0 Å². The highest BCUT2D eigenvalue weighted by Crippen LogP contribution is 2.16. The predicted octanol–water partition coefficient (Wildman–Crippen LogP) is 4.07. The lowest BCUT2D eigenvalue weighted by atomic mass is 9.98. The zero-order valence-electron chi connectivity index (χ0n) is 15.2. The van der Waals surface area contributed by atoms with Crippen molar-refractivity contribution in [1.29, 1.82) is 0 Å². The Kier molecular flexibility index (Phi) is 11.7. The number of allylic oxidation sites excluding steroid dienone is 5. The minimum atomic E-state index is -0.813. The fourth-order valence-corrected chi connectivity index (χ4v) is 2.14. The number of hydrogen-bond acceptors (Lipinski definition) is 3. The molecule has 0 aliphatic rings. The molecule has 0 heterocycles. The lowest BCUT2D eigenvalue weighted by Crippen LogP contribution is -2.20. The third kappa shape index (κ3) is 13.0. The third-order valence-electron chi connectivity index (χ3n) is 3.78. The van der Waals surface area contributed by atoms with Gasteiger partial charge in [0.25, 0.3) is 0 Å². The summed E-state index contributed by atoms with van der Waals surface area (Å²) in [5.41, 5.74) is 2.62. The van der Waals surface area contributed by atoms with Crippen LogP contribution in [0.3, 0.4) is 0 Å². The fraction of sp³-hybridized carbons (Fsp3) is 0.600. The summed E-state index contributed by atoms with van der Waals surface area (Å²) in [4.78, 5) is 0. The van der Waals surface area contributed by atoms with Gasteiger partial charge in [-0.1, -0.05) is 47.1 Å². The van der Waals surface area contributed by atoms with Crippen molar-refractivity contribution in [2.45, 2.75) is 65.4 Å². The van der Waals surface area contributed by atoms with E-state index in [1.54, 1.807) is 0 Å². The van der Waals surface area contributed by atoms with Gasteiger partial charge in [-0.05, 0) is 59.8 Å². The van der Waals surface area contributed by atoms with E-state index in [1.165, 1.54) is 11.1 Å². The molecule has 132 valence electrons. The summed E-state index contributed by atoms with van der Waals surface area (Å²) >= 11 is 0. The minimum Gasteiger partial charge on any atom is -0.392 e. The van der Waals surface area contributed by atoms with Gasteiger partial charge in [-0.25, -0.2) is 0 Å². The zero-order chi connectivity index (χ0) is 17.7. The molecular formula is C20H34O3. The Morgan fingerprint density at radius 1 is 0.913 bits per heavy atom. The molecule has 0 saturated heterocycles. The zero-order valence-corrected chi connectivity index (χ0v) is 15.2. The van der Waals surface area contributed by atoms with E-state index in [0.29, 0.717) is 6.42 Å². The summed E-state index contributed by atoms with van der Waals surface area (Å²) in [6.07, 6.45) is 14.1. The van der Waals surface area contributed by atoms with Crippen LogP contribution in [-0.4, -0.2) is 34.1 Å². The van der Waals surface area contributed by atoms with Crippen LogP contribution in [0.1, 0.15) is 59.8 Å². The molecule has 0 bridgehead atoms. The SMILES string of the molecule is CC(=CCCC(C)(O)C=CCC(C)=CCCC(C)=CCO)CO. The molecular weight excluding hydrogens is 288 g/mol. The van der Waals surface area contributed by atoms with Crippen LogP contribution in [-0.2, 0) is 0 Å². The molecule has 0 aromatic rings. The van der Waals surface area contributed by atoms with Crippen LogP contribution < -0.4 is 0 Å². The summed E-state index contributed by atoms with van der Waals surface area (Å²) in [5.74, 6) is 0. The molecule has 3 heteroatoms. The normalized spacial score (nSPS) is 16.9. The Bertz CT molecular complexity index is 440. The quantitative estimate of drug-likeness (QED) is 0.503. The second-order valence-electron chi connectivity index (χ2n) is 6.53. The monoisotopic (exact) mass is 322 g/mol. The molecule has 0 radical (unpaired) electrons. The van der Waals surface area contributed by atoms with Crippen molar-refractivity contribution in [3.63, 3.8) is 0 Å². The van der Waals surface area contributed by atoms with Crippen LogP contribution in [0.25, 0.3) is 0 Å². The molecule has 0 rings (SSSR count). The van der Waals surface area contributed by atoms with Crippen LogP contribution in [0.15, 0.2) is 47.1 Å². The average molecular weight is 322 g/mol. The largest absolute Gasteiger partial charge is 0.392 e. The van der Waals surface area contributed by atoms with Crippen LogP contribution in [0.2, 0.25) is 0 Å². The van der Waals surface area contributed by atoms with Gasteiger partial charge in [-0.2, -0.15) is 0 Å². The minimum absolute atomic E-state index is 0.0783. The Morgan fingerprint density at radius 3 is 2.17 bits per heavy atom. The molecule has 0 spiro atoms. The smallest absolute Gasteiger partial charge is 0.0802 e. The third-order valence-corrected chi connectivity index (χ3v) is 3.78. The number of hydrogen-bond donors (Lipinski definition) is 3. The molecule has 0 amide bonds. The Morgan fingerprint density at radius 2 is 1.57 bits per heavy atom. The maximum atomic E-state index is 10.3. The number of rotatable bonds is 11. The highest BCUT2D eigenvalue weighted by atomic mass is 16.3. The van der Waals surface area contributed by atoms with E-state index in [-0.39, 0.29) is 13.2 Å². The maximum Gasteiger partial charge on any atom is 0.0802 e. The number of aliphatic hydroxyl groups excluding tert-OH is 2. The molecule has 0 saturated carbocycles. The van der Waals surface area contributed by atoms with Crippen LogP contribution in [0.5, 0.6) is 0 Å². The van der Waals surface area contributed by atoms with Gasteiger partial charge in [0.15, 0.2) is 0 Å². The molecule has 0 aromatic heterocycles. The first-order chi connectivity index (χ1) is 10.8. The second kappa shape index (κ2) is 12.3. The first-order valence-electron chi connectivity index (χ1n) is 8.39. The van der Waals surface area contributed by atoms with Gasteiger partial charge < -0.3 is 15.3 Å². The molecule has 3 N–H and O–H groups in total. The van der Waals surface area contributed by atoms with Crippen molar-refractivity contribution in [2.24, 2.45) is 0 Å². The van der Waals surface area contributed by atoms with Gasteiger partial charge in [0, 0.05) is 0 Å². The molecule has 0 aliphatic carbocycles. The molecule has 0 aliphatic heterocycles. The molecule has 0 fully saturated rings. The van der Waals surface area contributed by atoms with Crippen molar-refractivity contribution in [3.8, 4) is 0 Å². The van der Waals surface area contributed by atoms with Crippen molar-refractivity contribution >= 4 is 0 Å². The predicted molar refractivity (Wildman–Crippen MR) is 98.3 cm³/mol. The second-order valence-corrected chi connectivity index (χ2v) is 6.53. The van der Waals surface area contributed by atoms with Gasteiger partial charge in [0.05, 0.1) is 18.8 Å². The van der Waals surface area contributed by atoms with E-state index in [9.17, 15) is 5.11 Å². The Balaban J connectivity index is 4.20. The van der Waals surface area contributed by atoms with Crippen molar-refractivity contribution in [1.82, 2.24) is 0 Å². The van der Waals surface area contributed by atoms with E-state index in [4.69, 9.17) is 10.2 Å². The van der Waals surface area contributed by atoms with E-state index in [0.717, 1.165) is 31.3 Å². The van der Waals surface area contributed by atoms with Crippen molar-refractivity contribution < 1.29 is 15.3 Å². The summed E-state index contributed by atoms with van der Waals surface area (Å²) in [7, 11) is 0. The summed E-state index contributed by atoms with van der Waals surface area (Å²) in [6, 6.07) is 0. The van der Waals surface area contributed by atoms with Crippen molar-refractivity contribution in [2.75, 3.05) is 13.2 Å². The van der Waals surface area contributed by atoms with Gasteiger partial charge in [0.2, 0.25) is 0 Å². The number of aliphatic hydroxyl groups is 3. The lowest BCUT2D eigenvalue weighted by Gasteiger charge is -2.18. The highest BCUT2D eigenvalue weighted by Gasteiger charge is 2.14. The molecule has 3 nitrogen and oxygen atoms in total. The lowest BCUT2D eigenvalue weighted by molar-refractivity contribution is 0.103. The average Bonchev–Trinajstić information content (AvgIpc) is 2.46. The van der Waals surface area contributed by atoms with Crippen LogP contribution in [0, 0.1) is 0 Å². The van der Waals surface area contributed by atoms with Crippen LogP contribution >= 0.6 is 0 Å². The molecule has 1 unspecified atom stereocenters. The van der Waals surface area contributed by atoms with Crippen molar-refractivity contribution in [3.05, 3.63) is 47.1 Å². The Hall–Kier alpha value is -1.16. The summed E-state index contributed by atoms with van der Waals surface area (Å²) in [5, 5.41) is 28.0. The maximum absolute atomic E-state index is 10.3. The Labute approximate surface area is 141 Å². The summed E-state index contributed by atoms with van der Waals surface area (Å²) < 4.78 is 0.